The van der Waals surface area contributed by atoms with Gasteiger partial charge in [-0.05, 0) is 23.3 Å². The molecule has 25 heavy (non-hydrogen) atoms. The van der Waals surface area contributed by atoms with E-state index in [-0.39, 0.29) is 0 Å². The summed E-state index contributed by atoms with van der Waals surface area (Å²) >= 11 is 0. The van der Waals surface area contributed by atoms with Crippen LogP contribution in [0.5, 0.6) is 5.75 Å². The van der Waals surface area contributed by atoms with E-state index >= 15 is 0 Å². The first kappa shape index (κ1) is 18.8. The van der Waals surface area contributed by atoms with E-state index in [9.17, 15) is 0 Å². The van der Waals surface area contributed by atoms with Gasteiger partial charge in [-0.1, -0.05) is 42.5 Å². The molecular formula is C20H27N3O2. The molecule has 0 saturated heterocycles. The minimum Gasteiger partial charge on any atom is -0.491 e. The number of rotatable bonds is 8. The van der Waals surface area contributed by atoms with Crippen molar-refractivity contribution in [3.05, 3.63) is 65.7 Å². The highest BCUT2D eigenvalue weighted by Gasteiger charge is 2.03. The molecule has 5 heteroatoms. The Morgan fingerprint density at radius 1 is 1.00 bits per heavy atom. The van der Waals surface area contributed by atoms with E-state index in [1.54, 1.807) is 7.11 Å². The number of methoxy groups -OCH3 is 1. The summed E-state index contributed by atoms with van der Waals surface area (Å²) in [6.45, 7) is 2.47. The molecule has 0 amide bonds. The van der Waals surface area contributed by atoms with Crippen LogP contribution in [0.2, 0.25) is 0 Å². The smallest absolute Gasteiger partial charge is 0.194 e. The number of guanidine groups is 1. The van der Waals surface area contributed by atoms with Crippen molar-refractivity contribution in [2.75, 3.05) is 34.4 Å². The van der Waals surface area contributed by atoms with Gasteiger partial charge in [-0.15, -0.1) is 0 Å². The molecule has 0 spiro atoms. The van der Waals surface area contributed by atoms with Crippen LogP contribution >= 0.6 is 0 Å². The predicted octanol–water partition coefficient (Wildman–Crippen LogP) is 2.92. The first-order valence-corrected chi connectivity index (χ1v) is 8.39. The van der Waals surface area contributed by atoms with E-state index < -0.39 is 0 Å². The van der Waals surface area contributed by atoms with E-state index in [0.717, 1.165) is 23.8 Å². The number of hydrogen-bond donors (Lipinski definition) is 1. The SMILES string of the molecule is COCCOc1cccc(CN=C(NCc2ccccc2)N(C)C)c1. The molecule has 0 bridgehead atoms. The molecule has 0 fully saturated rings. The molecule has 0 unspecified atom stereocenters. The summed E-state index contributed by atoms with van der Waals surface area (Å²) in [6, 6.07) is 18.3. The van der Waals surface area contributed by atoms with Crippen molar-refractivity contribution >= 4 is 5.96 Å². The molecule has 5 nitrogen and oxygen atoms in total. The number of nitrogens with zero attached hydrogens (tertiary/aromatic N) is 2. The summed E-state index contributed by atoms with van der Waals surface area (Å²) < 4.78 is 10.6. The summed E-state index contributed by atoms with van der Waals surface area (Å²) in [5, 5.41) is 3.39. The first-order chi connectivity index (χ1) is 12.2. The minimum absolute atomic E-state index is 0.546. The zero-order valence-electron chi connectivity index (χ0n) is 15.2. The average molecular weight is 341 g/mol. The number of nitrogens with one attached hydrogen (secondary N) is 1. The van der Waals surface area contributed by atoms with E-state index in [1.165, 1.54) is 5.56 Å². The summed E-state index contributed by atoms with van der Waals surface area (Å²) in [4.78, 5) is 6.69. The first-order valence-electron chi connectivity index (χ1n) is 8.39. The Bertz CT molecular complexity index is 657. The number of benzene rings is 2. The van der Waals surface area contributed by atoms with Crippen LogP contribution in [-0.4, -0.2) is 45.3 Å². The standard InChI is InChI=1S/C20H27N3O2/c1-23(2)20(21-15-17-8-5-4-6-9-17)22-16-18-10-7-11-19(14-18)25-13-12-24-3/h4-11,14H,12-13,15-16H2,1-3H3,(H,21,22). The molecule has 0 saturated carbocycles. The monoisotopic (exact) mass is 341 g/mol. The summed E-state index contributed by atoms with van der Waals surface area (Å²) in [6.07, 6.45) is 0. The molecule has 0 radical (unpaired) electrons. The van der Waals surface area contributed by atoms with Crippen LogP contribution in [-0.2, 0) is 17.8 Å². The Kier molecular flexibility index (Phi) is 7.79. The van der Waals surface area contributed by atoms with Crippen molar-refractivity contribution in [2.24, 2.45) is 4.99 Å². The Balaban J connectivity index is 1.95. The fraction of sp³-hybridized carbons (Fsp3) is 0.350. The maximum atomic E-state index is 5.65. The van der Waals surface area contributed by atoms with Crippen LogP contribution in [0.15, 0.2) is 59.6 Å². The lowest BCUT2D eigenvalue weighted by Gasteiger charge is -2.18. The Morgan fingerprint density at radius 3 is 2.48 bits per heavy atom. The Morgan fingerprint density at radius 2 is 1.76 bits per heavy atom. The molecule has 0 aliphatic rings. The lowest BCUT2D eigenvalue weighted by atomic mass is 10.2. The van der Waals surface area contributed by atoms with Gasteiger partial charge in [0, 0.05) is 27.7 Å². The molecule has 0 heterocycles. The number of hydrogen-bond acceptors (Lipinski definition) is 3. The third-order valence-corrected chi connectivity index (χ3v) is 3.58. The molecule has 2 rings (SSSR count). The van der Waals surface area contributed by atoms with Gasteiger partial charge in [0.2, 0.25) is 0 Å². The molecule has 0 atom stereocenters. The largest absolute Gasteiger partial charge is 0.491 e. The molecule has 0 aliphatic heterocycles. The molecule has 2 aromatic carbocycles. The second-order valence-corrected chi connectivity index (χ2v) is 5.86. The Hall–Kier alpha value is -2.53. The van der Waals surface area contributed by atoms with Gasteiger partial charge < -0.3 is 19.7 Å². The summed E-state index contributed by atoms with van der Waals surface area (Å²) in [5.74, 6) is 1.70. The highest BCUT2D eigenvalue weighted by atomic mass is 16.5. The van der Waals surface area contributed by atoms with Gasteiger partial charge in [-0.3, -0.25) is 0 Å². The molecule has 2 aromatic rings. The molecule has 134 valence electrons. The van der Waals surface area contributed by atoms with Crippen LogP contribution in [0.3, 0.4) is 0 Å². The van der Waals surface area contributed by atoms with Gasteiger partial charge in [0.05, 0.1) is 13.2 Å². The second-order valence-electron chi connectivity index (χ2n) is 5.86. The number of aliphatic imine (C=N–C) groups is 1. The van der Waals surface area contributed by atoms with Crippen LogP contribution < -0.4 is 10.1 Å². The van der Waals surface area contributed by atoms with Gasteiger partial charge in [0.1, 0.15) is 12.4 Å². The van der Waals surface area contributed by atoms with E-state index in [0.29, 0.717) is 19.8 Å². The number of ether oxygens (including phenoxy) is 2. The zero-order chi connectivity index (χ0) is 17.9. The minimum atomic E-state index is 0.546. The Labute approximate surface area is 150 Å². The fourth-order valence-corrected chi connectivity index (χ4v) is 2.28. The average Bonchev–Trinajstić information content (AvgIpc) is 2.63. The topological polar surface area (TPSA) is 46.1 Å². The maximum Gasteiger partial charge on any atom is 0.194 e. The van der Waals surface area contributed by atoms with Gasteiger partial charge in [0.25, 0.3) is 0 Å². The van der Waals surface area contributed by atoms with Crippen molar-refractivity contribution < 1.29 is 9.47 Å². The summed E-state index contributed by atoms with van der Waals surface area (Å²) in [7, 11) is 5.64. The molecule has 0 aliphatic carbocycles. The van der Waals surface area contributed by atoms with E-state index in [1.807, 2.05) is 55.4 Å². The second kappa shape index (κ2) is 10.4. The van der Waals surface area contributed by atoms with Crippen molar-refractivity contribution in [1.82, 2.24) is 10.2 Å². The van der Waals surface area contributed by atoms with Crippen molar-refractivity contribution in [3.63, 3.8) is 0 Å². The molecule has 0 aromatic heterocycles. The lowest BCUT2D eigenvalue weighted by Crippen LogP contribution is -2.36. The van der Waals surface area contributed by atoms with Crippen molar-refractivity contribution in [2.45, 2.75) is 13.1 Å². The van der Waals surface area contributed by atoms with Crippen LogP contribution in [0.1, 0.15) is 11.1 Å². The van der Waals surface area contributed by atoms with Gasteiger partial charge in [0.15, 0.2) is 5.96 Å². The maximum absolute atomic E-state index is 5.65. The molecule has 1 N–H and O–H groups in total. The van der Waals surface area contributed by atoms with Crippen LogP contribution in [0.4, 0.5) is 0 Å². The van der Waals surface area contributed by atoms with E-state index in [4.69, 9.17) is 14.5 Å². The van der Waals surface area contributed by atoms with Gasteiger partial charge >= 0.3 is 0 Å². The highest BCUT2D eigenvalue weighted by molar-refractivity contribution is 5.79. The van der Waals surface area contributed by atoms with Gasteiger partial charge in [-0.2, -0.15) is 0 Å². The predicted molar refractivity (Wildman–Crippen MR) is 102 cm³/mol. The quantitative estimate of drug-likeness (QED) is 0.456. The zero-order valence-corrected chi connectivity index (χ0v) is 15.2. The van der Waals surface area contributed by atoms with Gasteiger partial charge in [-0.25, -0.2) is 4.99 Å². The van der Waals surface area contributed by atoms with Crippen LogP contribution in [0.25, 0.3) is 0 Å². The highest BCUT2D eigenvalue weighted by Crippen LogP contribution is 2.14. The lowest BCUT2D eigenvalue weighted by molar-refractivity contribution is 0.146. The third-order valence-electron chi connectivity index (χ3n) is 3.58. The fourth-order valence-electron chi connectivity index (χ4n) is 2.28. The normalized spacial score (nSPS) is 11.2. The van der Waals surface area contributed by atoms with Crippen LogP contribution in [0, 0.1) is 0 Å². The summed E-state index contributed by atoms with van der Waals surface area (Å²) in [5.41, 5.74) is 2.33. The third kappa shape index (κ3) is 6.85. The molecular weight excluding hydrogens is 314 g/mol. The van der Waals surface area contributed by atoms with E-state index in [2.05, 4.69) is 23.5 Å². The van der Waals surface area contributed by atoms with Crippen molar-refractivity contribution in [3.8, 4) is 5.75 Å². The van der Waals surface area contributed by atoms with Crippen molar-refractivity contribution in [1.29, 1.82) is 0 Å².